The Hall–Kier alpha value is -0.0800. The topological polar surface area (TPSA) is 21.3 Å². The minimum Gasteiger partial charge on any atom is -0.378 e. The first kappa shape index (κ1) is 13.4. The Morgan fingerprint density at radius 2 is 1.76 bits per heavy atom. The van der Waals surface area contributed by atoms with Gasteiger partial charge in [-0.1, -0.05) is 12.8 Å². The molecule has 2 nitrogen and oxygen atoms in total. The number of hydrogen-bond donors (Lipinski definition) is 1. The number of nitrogens with one attached hydrogen (secondary N) is 1. The van der Waals surface area contributed by atoms with Gasteiger partial charge in [-0.25, -0.2) is 0 Å². The molecule has 0 amide bonds. The van der Waals surface area contributed by atoms with Gasteiger partial charge in [0.2, 0.25) is 0 Å². The molecular formula is C15H29NO. The quantitative estimate of drug-likeness (QED) is 0.815. The van der Waals surface area contributed by atoms with E-state index < -0.39 is 0 Å². The molecule has 2 rings (SSSR count). The summed E-state index contributed by atoms with van der Waals surface area (Å²) in [4.78, 5) is 0. The lowest BCUT2D eigenvalue weighted by Gasteiger charge is -2.37. The van der Waals surface area contributed by atoms with Crippen molar-refractivity contribution in [2.45, 2.75) is 70.9 Å². The summed E-state index contributed by atoms with van der Waals surface area (Å²) < 4.78 is 6.10. The van der Waals surface area contributed by atoms with Crippen molar-refractivity contribution in [3.05, 3.63) is 0 Å². The lowest BCUT2D eigenvalue weighted by molar-refractivity contribution is -0.0595. The second-order valence-electron chi connectivity index (χ2n) is 6.91. The third kappa shape index (κ3) is 3.96. The van der Waals surface area contributed by atoms with Crippen LogP contribution in [0, 0.1) is 11.8 Å². The highest BCUT2D eigenvalue weighted by Gasteiger charge is 2.34. The molecule has 1 saturated heterocycles. The molecule has 2 atom stereocenters. The summed E-state index contributed by atoms with van der Waals surface area (Å²) in [6.07, 6.45) is 8.78. The van der Waals surface area contributed by atoms with Gasteiger partial charge in [0.1, 0.15) is 0 Å². The van der Waals surface area contributed by atoms with Gasteiger partial charge in [-0.15, -0.1) is 0 Å². The molecule has 0 aromatic carbocycles. The first-order chi connectivity index (χ1) is 8.06. The van der Waals surface area contributed by atoms with Crippen molar-refractivity contribution in [3.63, 3.8) is 0 Å². The average Bonchev–Trinajstić information content (AvgIpc) is 2.79. The minimum atomic E-state index is 0.234. The largest absolute Gasteiger partial charge is 0.378 e. The number of rotatable bonds is 3. The maximum atomic E-state index is 6.10. The molecule has 0 aromatic heterocycles. The van der Waals surface area contributed by atoms with E-state index in [-0.39, 0.29) is 5.54 Å². The Balaban J connectivity index is 1.87. The van der Waals surface area contributed by atoms with E-state index in [1.165, 1.54) is 38.5 Å². The maximum absolute atomic E-state index is 6.10. The van der Waals surface area contributed by atoms with Crippen molar-refractivity contribution in [3.8, 4) is 0 Å². The van der Waals surface area contributed by atoms with Crippen LogP contribution in [0.4, 0.5) is 0 Å². The number of ether oxygens (including phenoxy) is 1. The molecule has 2 fully saturated rings. The Bertz CT molecular complexity index is 228. The average molecular weight is 239 g/mol. The maximum Gasteiger partial charge on any atom is 0.0643 e. The van der Waals surface area contributed by atoms with Crippen LogP contribution in [-0.2, 0) is 4.74 Å². The van der Waals surface area contributed by atoms with Crippen LogP contribution in [0.1, 0.15) is 59.3 Å². The summed E-state index contributed by atoms with van der Waals surface area (Å²) in [5.74, 6) is 1.59. The third-order valence-corrected chi connectivity index (χ3v) is 4.25. The fourth-order valence-electron chi connectivity index (χ4n) is 3.33. The molecule has 100 valence electrons. The monoisotopic (exact) mass is 239 g/mol. The molecule has 0 radical (unpaired) electrons. The molecule has 1 aliphatic heterocycles. The summed E-state index contributed by atoms with van der Waals surface area (Å²) in [5.41, 5.74) is 0.234. The minimum absolute atomic E-state index is 0.234. The Labute approximate surface area is 107 Å². The molecule has 1 saturated carbocycles. The SMILES string of the molecule is CC(C)(C)NCC1CCCOC1C1CCCC1. The summed E-state index contributed by atoms with van der Waals surface area (Å²) in [5, 5.41) is 3.67. The summed E-state index contributed by atoms with van der Waals surface area (Å²) in [6.45, 7) is 8.88. The van der Waals surface area contributed by atoms with E-state index in [1.807, 2.05) is 0 Å². The summed E-state index contributed by atoms with van der Waals surface area (Å²) in [7, 11) is 0. The van der Waals surface area contributed by atoms with E-state index >= 15 is 0 Å². The smallest absolute Gasteiger partial charge is 0.0643 e. The molecule has 0 bridgehead atoms. The van der Waals surface area contributed by atoms with Crippen molar-refractivity contribution >= 4 is 0 Å². The Kier molecular flexibility index (Phi) is 4.48. The highest BCUT2D eigenvalue weighted by atomic mass is 16.5. The van der Waals surface area contributed by atoms with Gasteiger partial charge in [0, 0.05) is 18.7 Å². The Morgan fingerprint density at radius 3 is 2.41 bits per heavy atom. The van der Waals surface area contributed by atoms with E-state index in [0.717, 1.165) is 25.0 Å². The van der Waals surface area contributed by atoms with E-state index in [9.17, 15) is 0 Å². The zero-order valence-corrected chi connectivity index (χ0v) is 11.8. The van der Waals surface area contributed by atoms with Crippen LogP contribution in [-0.4, -0.2) is 24.8 Å². The summed E-state index contributed by atoms with van der Waals surface area (Å²) >= 11 is 0. The van der Waals surface area contributed by atoms with Crippen molar-refractivity contribution in [2.75, 3.05) is 13.2 Å². The zero-order chi connectivity index (χ0) is 12.3. The van der Waals surface area contributed by atoms with Gasteiger partial charge < -0.3 is 10.1 Å². The molecule has 17 heavy (non-hydrogen) atoms. The summed E-state index contributed by atoms with van der Waals surface area (Å²) in [6, 6.07) is 0. The fraction of sp³-hybridized carbons (Fsp3) is 1.00. The van der Waals surface area contributed by atoms with Gasteiger partial charge in [-0.3, -0.25) is 0 Å². The van der Waals surface area contributed by atoms with Crippen LogP contribution in [0.3, 0.4) is 0 Å². The molecule has 2 heteroatoms. The van der Waals surface area contributed by atoms with Crippen LogP contribution in [0.5, 0.6) is 0 Å². The second-order valence-corrected chi connectivity index (χ2v) is 6.91. The fourth-order valence-corrected chi connectivity index (χ4v) is 3.33. The van der Waals surface area contributed by atoms with Gasteiger partial charge in [0.15, 0.2) is 0 Å². The van der Waals surface area contributed by atoms with E-state index in [4.69, 9.17) is 4.74 Å². The van der Waals surface area contributed by atoms with Crippen LogP contribution >= 0.6 is 0 Å². The molecule has 0 aromatic rings. The van der Waals surface area contributed by atoms with Gasteiger partial charge >= 0.3 is 0 Å². The lowest BCUT2D eigenvalue weighted by atomic mass is 9.84. The highest BCUT2D eigenvalue weighted by Crippen LogP contribution is 2.36. The Morgan fingerprint density at radius 1 is 1.06 bits per heavy atom. The standard InChI is InChI=1S/C15H29NO/c1-15(2,3)16-11-13-9-6-10-17-14(13)12-7-4-5-8-12/h12-14,16H,4-11H2,1-3H3. The van der Waals surface area contributed by atoms with Gasteiger partial charge in [-0.05, 0) is 58.3 Å². The van der Waals surface area contributed by atoms with Crippen LogP contribution < -0.4 is 5.32 Å². The van der Waals surface area contributed by atoms with E-state index in [1.54, 1.807) is 0 Å². The zero-order valence-electron chi connectivity index (χ0n) is 11.8. The van der Waals surface area contributed by atoms with E-state index in [2.05, 4.69) is 26.1 Å². The van der Waals surface area contributed by atoms with Crippen LogP contribution in [0.2, 0.25) is 0 Å². The molecule has 2 aliphatic rings. The van der Waals surface area contributed by atoms with Gasteiger partial charge in [0.25, 0.3) is 0 Å². The predicted octanol–water partition coefficient (Wildman–Crippen LogP) is 3.36. The molecule has 2 unspecified atom stereocenters. The van der Waals surface area contributed by atoms with Crippen molar-refractivity contribution in [1.82, 2.24) is 5.32 Å². The molecule has 1 heterocycles. The molecule has 1 aliphatic carbocycles. The molecule has 0 spiro atoms. The van der Waals surface area contributed by atoms with Gasteiger partial charge in [-0.2, -0.15) is 0 Å². The van der Waals surface area contributed by atoms with Gasteiger partial charge in [0.05, 0.1) is 6.10 Å². The van der Waals surface area contributed by atoms with E-state index in [0.29, 0.717) is 6.10 Å². The number of hydrogen-bond acceptors (Lipinski definition) is 2. The van der Waals surface area contributed by atoms with Crippen molar-refractivity contribution < 1.29 is 4.74 Å². The first-order valence-corrected chi connectivity index (χ1v) is 7.43. The van der Waals surface area contributed by atoms with Crippen molar-refractivity contribution in [1.29, 1.82) is 0 Å². The predicted molar refractivity (Wildman–Crippen MR) is 72.2 cm³/mol. The molecular weight excluding hydrogens is 210 g/mol. The molecule has 1 N–H and O–H groups in total. The third-order valence-electron chi connectivity index (χ3n) is 4.25. The van der Waals surface area contributed by atoms with Crippen LogP contribution in [0.15, 0.2) is 0 Å². The van der Waals surface area contributed by atoms with Crippen molar-refractivity contribution in [2.24, 2.45) is 11.8 Å². The normalized spacial score (nSPS) is 31.9. The highest BCUT2D eigenvalue weighted by molar-refractivity contribution is 4.86. The van der Waals surface area contributed by atoms with Crippen LogP contribution in [0.25, 0.3) is 0 Å². The second kappa shape index (κ2) is 5.71. The first-order valence-electron chi connectivity index (χ1n) is 7.43. The lowest BCUT2D eigenvalue weighted by Crippen LogP contribution is -2.45.